The normalized spacial score (nSPS) is 19.0. The van der Waals surface area contributed by atoms with Gasteiger partial charge in [0.1, 0.15) is 16.9 Å². The Hall–Kier alpha value is -3.30. The number of alkyl carbamates (subject to hydrolysis) is 1. The summed E-state index contributed by atoms with van der Waals surface area (Å²) in [6.07, 6.45) is 1.70. The van der Waals surface area contributed by atoms with E-state index in [1.165, 1.54) is 23.8 Å². The highest BCUT2D eigenvalue weighted by Gasteiger charge is 2.35. The number of fused-ring (bicyclic) bond motifs is 1. The molecule has 9 nitrogen and oxygen atoms in total. The second-order valence-electron chi connectivity index (χ2n) is 10.4. The molecule has 1 saturated heterocycles. The third-order valence-corrected chi connectivity index (χ3v) is 6.54. The van der Waals surface area contributed by atoms with Crippen molar-refractivity contribution in [1.29, 1.82) is 0 Å². The van der Waals surface area contributed by atoms with Crippen LogP contribution in [0.5, 0.6) is 5.75 Å². The van der Waals surface area contributed by atoms with Crippen LogP contribution in [0.4, 0.5) is 14.9 Å². The Morgan fingerprint density at radius 2 is 1.91 bits per heavy atom. The summed E-state index contributed by atoms with van der Waals surface area (Å²) in [5.74, 6) is -1.64. The standard InChI is InChI=1S/C25H32FN3O6/c1-13(27-24(33)35-25(2,3)4)14-8-9-28(12-14)20-18(26)11-15-10-17(23(31)32)22(30)29(16-6-7-16)19(15)21(20)34-5/h10-11,13-14,16H,6-9,12H2,1-5H3,(H,27,33)(H,31,32)/t13-,14+/m0/s1. The highest BCUT2D eigenvalue weighted by atomic mass is 19.1. The van der Waals surface area contributed by atoms with Crippen molar-refractivity contribution in [2.75, 3.05) is 25.1 Å². The summed E-state index contributed by atoms with van der Waals surface area (Å²) in [4.78, 5) is 38.7. The minimum absolute atomic E-state index is 0.0438. The molecule has 1 aromatic heterocycles. The number of carboxylic acids is 1. The molecule has 190 valence electrons. The number of benzene rings is 1. The number of amides is 1. The molecule has 2 aromatic rings. The Labute approximate surface area is 202 Å². The first-order valence-corrected chi connectivity index (χ1v) is 11.8. The second kappa shape index (κ2) is 9.05. The number of carbonyl (C=O) groups is 2. The number of nitrogens with one attached hydrogen (secondary N) is 1. The van der Waals surface area contributed by atoms with Crippen LogP contribution in [0.15, 0.2) is 16.9 Å². The van der Waals surface area contributed by atoms with Crippen molar-refractivity contribution >= 4 is 28.7 Å². The van der Waals surface area contributed by atoms with Crippen molar-refractivity contribution < 1.29 is 28.6 Å². The van der Waals surface area contributed by atoms with Crippen LogP contribution in [0, 0.1) is 11.7 Å². The second-order valence-corrected chi connectivity index (χ2v) is 10.4. The zero-order valence-electron chi connectivity index (χ0n) is 20.7. The number of carboxylic acid groups (broad SMARTS) is 1. The van der Waals surface area contributed by atoms with E-state index < -0.39 is 29.0 Å². The van der Waals surface area contributed by atoms with Crippen LogP contribution in [0.3, 0.4) is 0 Å². The zero-order valence-corrected chi connectivity index (χ0v) is 20.7. The summed E-state index contributed by atoms with van der Waals surface area (Å²) in [6.45, 7) is 8.28. The minimum Gasteiger partial charge on any atom is -0.492 e. The Kier molecular flexibility index (Phi) is 6.42. The molecule has 1 amide bonds. The first kappa shape index (κ1) is 24.8. The fraction of sp³-hybridized carbons (Fsp3) is 0.560. The Morgan fingerprint density at radius 3 is 2.49 bits per heavy atom. The number of rotatable bonds is 6. The van der Waals surface area contributed by atoms with Crippen molar-refractivity contribution in [3.63, 3.8) is 0 Å². The molecule has 2 atom stereocenters. The number of pyridine rings is 1. The first-order valence-electron chi connectivity index (χ1n) is 11.8. The smallest absolute Gasteiger partial charge is 0.407 e. The van der Waals surface area contributed by atoms with Crippen LogP contribution < -0.4 is 20.5 Å². The number of halogens is 1. The molecule has 2 heterocycles. The lowest BCUT2D eigenvalue weighted by Gasteiger charge is -2.27. The number of methoxy groups -OCH3 is 1. The third-order valence-electron chi connectivity index (χ3n) is 6.54. The van der Waals surface area contributed by atoms with E-state index in [0.717, 1.165) is 12.8 Å². The highest BCUT2D eigenvalue weighted by molar-refractivity contribution is 5.97. The van der Waals surface area contributed by atoms with Crippen molar-refractivity contribution in [3.05, 3.63) is 33.9 Å². The largest absolute Gasteiger partial charge is 0.492 e. The van der Waals surface area contributed by atoms with Crippen LogP contribution in [0.1, 0.15) is 63.4 Å². The monoisotopic (exact) mass is 489 g/mol. The predicted octanol–water partition coefficient (Wildman–Crippen LogP) is 3.92. The summed E-state index contributed by atoms with van der Waals surface area (Å²) >= 11 is 0. The van der Waals surface area contributed by atoms with Crippen molar-refractivity contribution in [3.8, 4) is 5.75 Å². The number of ether oxygens (including phenoxy) is 2. The molecular weight excluding hydrogens is 457 g/mol. The molecule has 0 spiro atoms. The van der Waals surface area contributed by atoms with Crippen LogP contribution in [0.2, 0.25) is 0 Å². The van der Waals surface area contributed by atoms with Crippen LogP contribution in [-0.4, -0.2) is 53.6 Å². The van der Waals surface area contributed by atoms with E-state index in [-0.39, 0.29) is 35.0 Å². The lowest BCUT2D eigenvalue weighted by Crippen LogP contribution is -2.42. The molecule has 1 aromatic carbocycles. The maximum atomic E-state index is 15.5. The number of aromatic carboxylic acids is 1. The van der Waals surface area contributed by atoms with Gasteiger partial charge >= 0.3 is 12.1 Å². The average molecular weight is 490 g/mol. The number of aromatic nitrogens is 1. The molecule has 10 heteroatoms. The number of carbonyl (C=O) groups excluding carboxylic acids is 1. The molecule has 2 aliphatic rings. The molecule has 2 N–H and O–H groups in total. The maximum Gasteiger partial charge on any atom is 0.407 e. The van der Waals surface area contributed by atoms with E-state index in [0.29, 0.717) is 30.4 Å². The fourth-order valence-corrected chi connectivity index (χ4v) is 4.76. The Morgan fingerprint density at radius 1 is 1.23 bits per heavy atom. The van der Waals surface area contributed by atoms with E-state index in [9.17, 15) is 19.5 Å². The summed E-state index contributed by atoms with van der Waals surface area (Å²) in [5.41, 5.74) is -0.960. The fourth-order valence-electron chi connectivity index (χ4n) is 4.76. The van der Waals surface area contributed by atoms with Gasteiger partial charge in [-0.05, 0) is 65.0 Å². The number of hydrogen-bond donors (Lipinski definition) is 2. The summed E-state index contributed by atoms with van der Waals surface area (Å²) in [5, 5.41) is 12.7. The minimum atomic E-state index is -1.34. The maximum absolute atomic E-state index is 15.5. The highest BCUT2D eigenvalue weighted by Crippen LogP contribution is 2.44. The van der Waals surface area contributed by atoms with Gasteiger partial charge in [-0.25, -0.2) is 14.0 Å². The van der Waals surface area contributed by atoms with Crippen molar-refractivity contribution in [1.82, 2.24) is 9.88 Å². The van der Waals surface area contributed by atoms with E-state index in [1.54, 1.807) is 20.8 Å². The van der Waals surface area contributed by atoms with Gasteiger partial charge in [0.15, 0.2) is 11.6 Å². The Balaban J connectivity index is 1.69. The van der Waals surface area contributed by atoms with Crippen LogP contribution >= 0.6 is 0 Å². The molecule has 4 rings (SSSR count). The predicted molar refractivity (Wildman–Crippen MR) is 129 cm³/mol. The van der Waals surface area contributed by atoms with Gasteiger partial charge in [0.05, 0.1) is 12.6 Å². The molecule has 1 aliphatic carbocycles. The Bertz CT molecular complexity index is 1230. The molecule has 35 heavy (non-hydrogen) atoms. The van der Waals surface area contributed by atoms with E-state index in [2.05, 4.69) is 5.32 Å². The van der Waals surface area contributed by atoms with E-state index >= 15 is 4.39 Å². The van der Waals surface area contributed by atoms with E-state index in [4.69, 9.17) is 9.47 Å². The molecule has 0 radical (unpaired) electrons. The van der Waals surface area contributed by atoms with Gasteiger partial charge in [0.25, 0.3) is 5.56 Å². The van der Waals surface area contributed by atoms with Crippen LogP contribution in [-0.2, 0) is 4.74 Å². The molecule has 0 unspecified atom stereocenters. The van der Waals surface area contributed by atoms with Crippen LogP contribution in [0.25, 0.3) is 10.9 Å². The van der Waals surface area contributed by atoms with Gasteiger partial charge in [0.2, 0.25) is 0 Å². The molecular formula is C25H32FN3O6. The van der Waals surface area contributed by atoms with Crippen molar-refractivity contribution in [2.24, 2.45) is 5.92 Å². The van der Waals surface area contributed by atoms with Gasteiger partial charge in [-0.2, -0.15) is 0 Å². The number of hydrogen-bond acceptors (Lipinski definition) is 6. The van der Waals surface area contributed by atoms with Gasteiger partial charge in [0, 0.05) is 30.6 Å². The van der Waals surface area contributed by atoms with E-state index in [1.807, 2.05) is 11.8 Å². The average Bonchev–Trinajstić information content (AvgIpc) is 3.46. The topological polar surface area (TPSA) is 110 Å². The SMILES string of the molecule is COc1c(N2CC[C@@H]([C@H](C)NC(=O)OC(C)(C)C)C2)c(F)cc2cc(C(=O)O)c(=O)n(C3CC3)c12. The summed E-state index contributed by atoms with van der Waals surface area (Å²) in [7, 11) is 1.42. The number of nitrogens with zero attached hydrogens (tertiary/aromatic N) is 2. The van der Waals surface area contributed by atoms with Gasteiger partial charge in [-0.15, -0.1) is 0 Å². The van der Waals surface area contributed by atoms with Gasteiger partial charge in [-0.1, -0.05) is 0 Å². The lowest BCUT2D eigenvalue weighted by atomic mass is 10.0. The number of anilines is 1. The molecule has 1 saturated carbocycles. The molecule has 0 bridgehead atoms. The molecule has 1 aliphatic heterocycles. The first-order chi connectivity index (χ1) is 16.4. The van der Waals surface area contributed by atoms with Gasteiger partial charge in [-0.3, -0.25) is 4.79 Å². The summed E-state index contributed by atoms with van der Waals surface area (Å²) < 4.78 is 27.9. The zero-order chi connectivity index (χ0) is 25.7. The third kappa shape index (κ3) is 4.92. The molecule has 2 fully saturated rings. The van der Waals surface area contributed by atoms with Crippen molar-refractivity contribution in [2.45, 2.75) is 64.6 Å². The quantitative estimate of drug-likeness (QED) is 0.633. The lowest BCUT2D eigenvalue weighted by molar-refractivity contribution is 0.0494. The summed E-state index contributed by atoms with van der Waals surface area (Å²) in [6, 6.07) is 2.15. The van der Waals surface area contributed by atoms with Gasteiger partial charge < -0.3 is 29.4 Å².